The molecule has 3 heterocycles. The lowest BCUT2D eigenvalue weighted by atomic mass is 9.90. The Morgan fingerprint density at radius 1 is 1.12 bits per heavy atom. The summed E-state index contributed by atoms with van der Waals surface area (Å²) in [6.45, 7) is 4.15. The lowest BCUT2D eigenvalue weighted by Crippen LogP contribution is -2.35. The van der Waals surface area contributed by atoms with Crippen molar-refractivity contribution >= 4 is 23.5 Å². The van der Waals surface area contributed by atoms with Gasteiger partial charge >= 0.3 is 0 Å². The van der Waals surface area contributed by atoms with Crippen molar-refractivity contribution in [1.82, 2.24) is 14.9 Å². The standard InChI is InChI=1S/C26H32ClFN4O2/c27-21-16-29-26(30-17-21)32-10-5-18(6-11-32)23-13-19(23)7-12-34-22-4-3-20(24(28)15-22)14-25(33)31-8-1-2-9-31/h3-4,15-19,23H,1-2,5-14H2/t19-,23-/m1/s1. The summed E-state index contributed by atoms with van der Waals surface area (Å²) < 4.78 is 20.4. The number of hydrogen-bond donors (Lipinski definition) is 0. The zero-order valence-corrected chi connectivity index (χ0v) is 20.2. The van der Waals surface area contributed by atoms with E-state index in [-0.39, 0.29) is 18.1 Å². The highest BCUT2D eigenvalue weighted by Crippen LogP contribution is 2.49. The topological polar surface area (TPSA) is 58.6 Å². The molecular formula is C26H32ClFN4O2. The summed E-state index contributed by atoms with van der Waals surface area (Å²) in [6, 6.07) is 4.90. The van der Waals surface area contributed by atoms with Crippen molar-refractivity contribution in [3.05, 3.63) is 47.0 Å². The van der Waals surface area contributed by atoms with Crippen LogP contribution in [-0.2, 0) is 11.2 Å². The first-order chi connectivity index (χ1) is 16.6. The minimum absolute atomic E-state index is 0.0105. The van der Waals surface area contributed by atoms with Crippen LogP contribution in [0.3, 0.4) is 0 Å². The van der Waals surface area contributed by atoms with Gasteiger partial charge in [-0.05, 0) is 67.9 Å². The number of ether oxygens (including phenoxy) is 1. The normalized spacial score (nSPS) is 22.8. The summed E-state index contributed by atoms with van der Waals surface area (Å²) >= 11 is 5.89. The number of halogens is 2. The van der Waals surface area contributed by atoms with Crippen molar-refractivity contribution in [2.24, 2.45) is 17.8 Å². The summed E-state index contributed by atoms with van der Waals surface area (Å²) in [6.07, 6.45) is 10.1. The van der Waals surface area contributed by atoms with Crippen molar-refractivity contribution in [1.29, 1.82) is 0 Å². The van der Waals surface area contributed by atoms with Gasteiger partial charge in [0.2, 0.25) is 11.9 Å². The van der Waals surface area contributed by atoms with Crippen molar-refractivity contribution in [2.45, 2.75) is 44.9 Å². The Balaban J connectivity index is 1.02. The second-order valence-corrected chi connectivity index (χ2v) is 10.3. The third kappa shape index (κ3) is 5.62. The largest absolute Gasteiger partial charge is 0.493 e. The molecule has 1 aromatic heterocycles. The molecular weight excluding hydrogens is 455 g/mol. The van der Waals surface area contributed by atoms with Crippen LogP contribution in [0.5, 0.6) is 5.75 Å². The van der Waals surface area contributed by atoms with E-state index in [0.717, 1.165) is 76.1 Å². The Hall–Kier alpha value is -2.41. The molecule has 0 bridgehead atoms. The Kier molecular flexibility index (Phi) is 7.18. The van der Waals surface area contributed by atoms with Gasteiger partial charge in [0.25, 0.3) is 0 Å². The smallest absolute Gasteiger partial charge is 0.227 e. The van der Waals surface area contributed by atoms with E-state index in [1.807, 2.05) is 4.90 Å². The first-order valence-corrected chi connectivity index (χ1v) is 12.9. The van der Waals surface area contributed by atoms with E-state index < -0.39 is 0 Å². The predicted molar refractivity (Wildman–Crippen MR) is 130 cm³/mol. The van der Waals surface area contributed by atoms with Crippen LogP contribution in [0.1, 0.15) is 44.1 Å². The van der Waals surface area contributed by atoms with E-state index in [1.54, 1.807) is 24.5 Å². The van der Waals surface area contributed by atoms with E-state index in [1.165, 1.54) is 12.5 Å². The lowest BCUT2D eigenvalue weighted by Gasteiger charge is -2.32. The summed E-state index contributed by atoms with van der Waals surface area (Å²) in [5.41, 5.74) is 0.446. The number of carbonyl (C=O) groups excluding carboxylic acids is 1. The number of rotatable bonds is 8. The van der Waals surface area contributed by atoms with Crippen molar-refractivity contribution in [2.75, 3.05) is 37.7 Å². The molecule has 34 heavy (non-hydrogen) atoms. The maximum absolute atomic E-state index is 14.5. The number of carbonyl (C=O) groups is 1. The molecule has 0 N–H and O–H groups in total. The highest BCUT2D eigenvalue weighted by Gasteiger charge is 2.43. The first kappa shape index (κ1) is 23.3. The number of anilines is 1. The number of piperidine rings is 1. The molecule has 1 aliphatic carbocycles. The lowest BCUT2D eigenvalue weighted by molar-refractivity contribution is -0.129. The number of amides is 1. The van der Waals surface area contributed by atoms with Gasteiger partial charge < -0.3 is 14.5 Å². The predicted octanol–water partition coefficient (Wildman–Crippen LogP) is 4.76. The monoisotopic (exact) mass is 486 g/mol. The third-order valence-corrected chi connectivity index (χ3v) is 7.79. The molecule has 2 aliphatic heterocycles. The Morgan fingerprint density at radius 2 is 1.85 bits per heavy atom. The fraction of sp³-hybridized carbons (Fsp3) is 0.577. The van der Waals surface area contributed by atoms with Crippen molar-refractivity contribution < 1.29 is 13.9 Å². The average Bonchev–Trinajstić information content (AvgIpc) is 3.39. The van der Waals surface area contributed by atoms with E-state index >= 15 is 0 Å². The van der Waals surface area contributed by atoms with Gasteiger partial charge in [-0.3, -0.25) is 4.79 Å². The molecule has 2 aromatic rings. The molecule has 3 fully saturated rings. The SMILES string of the molecule is O=C(Cc1ccc(OCC[C@@H]2C[C@@H]2C2CCN(c3ncc(Cl)cn3)CC2)cc1F)N1CCCC1. The van der Waals surface area contributed by atoms with Gasteiger partial charge in [0, 0.05) is 32.2 Å². The van der Waals surface area contributed by atoms with Gasteiger partial charge in [-0.2, -0.15) is 0 Å². The highest BCUT2D eigenvalue weighted by atomic mass is 35.5. The minimum atomic E-state index is -0.356. The van der Waals surface area contributed by atoms with Crippen LogP contribution in [0.4, 0.5) is 10.3 Å². The van der Waals surface area contributed by atoms with Gasteiger partial charge in [-0.1, -0.05) is 17.7 Å². The van der Waals surface area contributed by atoms with Crippen LogP contribution < -0.4 is 9.64 Å². The molecule has 8 heteroatoms. The molecule has 0 spiro atoms. The molecule has 3 aliphatic rings. The first-order valence-electron chi connectivity index (χ1n) is 12.5. The maximum atomic E-state index is 14.5. The number of nitrogens with zero attached hydrogens (tertiary/aromatic N) is 4. The molecule has 1 amide bonds. The molecule has 1 saturated carbocycles. The number of aromatic nitrogens is 2. The summed E-state index contributed by atoms with van der Waals surface area (Å²) in [4.78, 5) is 25.0. The third-order valence-electron chi connectivity index (χ3n) is 7.59. The van der Waals surface area contributed by atoms with Crippen LogP contribution in [-0.4, -0.2) is 53.6 Å². The fourth-order valence-electron chi connectivity index (χ4n) is 5.51. The summed E-state index contributed by atoms with van der Waals surface area (Å²) in [7, 11) is 0. The molecule has 182 valence electrons. The van der Waals surface area contributed by atoms with Crippen LogP contribution in [0, 0.1) is 23.6 Å². The Labute approximate surface area is 205 Å². The zero-order valence-electron chi connectivity index (χ0n) is 19.5. The second kappa shape index (κ2) is 10.5. The molecule has 2 atom stereocenters. The second-order valence-electron chi connectivity index (χ2n) is 9.84. The van der Waals surface area contributed by atoms with Gasteiger partial charge in [-0.15, -0.1) is 0 Å². The molecule has 5 rings (SSSR count). The Morgan fingerprint density at radius 3 is 2.56 bits per heavy atom. The fourth-order valence-corrected chi connectivity index (χ4v) is 5.60. The van der Waals surface area contributed by atoms with E-state index in [9.17, 15) is 9.18 Å². The zero-order chi connectivity index (χ0) is 23.5. The van der Waals surface area contributed by atoms with Crippen LogP contribution in [0.2, 0.25) is 5.02 Å². The van der Waals surface area contributed by atoms with Crippen LogP contribution >= 0.6 is 11.6 Å². The molecule has 2 saturated heterocycles. The number of hydrogen-bond acceptors (Lipinski definition) is 5. The summed E-state index contributed by atoms with van der Waals surface area (Å²) in [5, 5.41) is 0.563. The van der Waals surface area contributed by atoms with E-state index in [2.05, 4.69) is 14.9 Å². The Bertz CT molecular complexity index is 991. The average molecular weight is 487 g/mol. The molecule has 0 unspecified atom stereocenters. The van der Waals surface area contributed by atoms with Gasteiger partial charge in [0.15, 0.2) is 0 Å². The molecule has 6 nitrogen and oxygen atoms in total. The van der Waals surface area contributed by atoms with Gasteiger partial charge in [0.1, 0.15) is 11.6 Å². The van der Waals surface area contributed by atoms with Crippen LogP contribution in [0.25, 0.3) is 0 Å². The number of likely N-dealkylation sites (tertiary alicyclic amines) is 1. The molecule has 1 aromatic carbocycles. The molecule has 0 radical (unpaired) electrons. The number of benzene rings is 1. The minimum Gasteiger partial charge on any atom is -0.493 e. The van der Waals surface area contributed by atoms with E-state index in [0.29, 0.717) is 28.9 Å². The highest BCUT2D eigenvalue weighted by molar-refractivity contribution is 6.30. The van der Waals surface area contributed by atoms with E-state index in [4.69, 9.17) is 16.3 Å². The van der Waals surface area contributed by atoms with Crippen molar-refractivity contribution in [3.8, 4) is 5.75 Å². The van der Waals surface area contributed by atoms with Crippen LogP contribution in [0.15, 0.2) is 30.6 Å². The van der Waals surface area contributed by atoms with Gasteiger partial charge in [0.05, 0.1) is 30.4 Å². The maximum Gasteiger partial charge on any atom is 0.227 e. The quantitative estimate of drug-likeness (QED) is 0.538. The van der Waals surface area contributed by atoms with Gasteiger partial charge in [-0.25, -0.2) is 14.4 Å². The summed E-state index contributed by atoms with van der Waals surface area (Å²) in [5.74, 6) is 3.18. The van der Waals surface area contributed by atoms with Crippen molar-refractivity contribution in [3.63, 3.8) is 0 Å².